The van der Waals surface area contributed by atoms with Crippen LogP contribution >= 0.6 is 11.6 Å². The number of rotatable bonds is 3. The largest absolute Gasteiger partial charge is 0.495 e. The Bertz CT molecular complexity index is 494. The summed E-state index contributed by atoms with van der Waals surface area (Å²) in [5.74, 6) is 0.349. The Kier molecular flexibility index (Phi) is 4.78. The van der Waals surface area contributed by atoms with Crippen molar-refractivity contribution in [2.24, 2.45) is 0 Å². The molecule has 1 aromatic rings. The molecule has 0 fully saturated rings. The lowest BCUT2D eigenvalue weighted by atomic mass is 10.2. The maximum absolute atomic E-state index is 11.7. The minimum absolute atomic E-state index is 0.251. The molecule has 0 spiro atoms. The van der Waals surface area contributed by atoms with Gasteiger partial charge < -0.3 is 9.47 Å². The number of halogens is 1. The molecule has 0 unspecified atom stereocenters. The van der Waals surface area contributed by atoms with E-state index in [4.69, 9.17) is 21.1 Å². The van der Waals surface area contributed by atoms with Crippen LogP contribution in [0.1, 0.15) is 31.1 Å². The molecule has 0 aliphatic carbocycles. The van der Waals surface area contributed by atoms with E-state index in [-0.39, 0.29) is 10.6 Å². The van der Waals surface area contributed by atoms with Gasteiger partial charge >= 0.3 is 6.09 Å². The maximum atomic E-state index is 11.7. The summed E-state index contributed by atoms with van der Waals surface area (Å²) in [7, 11) is 1.44. The van der Waals surface area contributed by atoms with Crippen LogP contribution < -0.4 is 10.1 Å². The first kappa shape index (κ1) is 15.3. The Hall–Kier alpha value is -1.75. The van der Waals surface area contributed by atoms with Gasteiger partial charge in [-0.2, -0.15) is 0 Å². The zero-order chi connectivity index (χ0) is 14.6. The molecular weight excluding hydrogens is 270 g/mol. The van der Waals surface area contributed by atoms with Crippen molar-refractivity contribution in [3.05, 3.63) is 22.7 Å². The van der Waals surface area contributed by atoms with Crippen LogP contribution in [0.3, 0.4) is 0 Å². The molecule has 104 valence electrons. The van der Waals surface area contributed by atoms with Crippen LogP contribution in [0.5, 0.6) is 5.75 Å². The van der Waals surface area contributed by atoms with Crippen molar-refractivity contribution < 1.29 is 19.1 Å². The summed E-state index contributed by atoms with van der Waals surface area (Å²) in [6.45, 7) is 5.26. The minimum Gasteiger partial charge on any atom is -0.495 e. The molecule has 1 amide bonds. The van der Waals surface area contributed by atoms with Gasteiger partial charge in [0.05, 0.1) is 17.8 Å². The van der Waals surface area contributed by atoms with Crippen molar-refractivity contribution in [3.8, 4) is 5.75 Å². The summed E-state index contributed by atoms with van der Waals surface area (Å²) >= 11 is 5.87. The number of methoxy groups -OCH3 is 1. The number of benzene rings is 1. The van der Waals surface area contributed by atoms with Gasteiger partial charge in [-0.25, -0.2) is 4.79 Å². The SMILES string of the molecule is COc1cc(Cl)c(C=O)cc1NC(=O)OC(C)(C)C. The molecule has 0 aromatic heterocycles. The first-order valence-electron chi connectivity index (χ1n) is 5.59. The van der Waals surface area contributed by atoms with Crippen molar-refractivity contribution in [2.45, 2.75) is 26.4 Å². The Labute approximate surface area is 116 Å². The highest BCUT2D eigenvalue weighted by Gasteiger charge is 2.18. The number of nitrogens with one attached hydrogen (secondary N) is 1. The van der Waals surface area contributed by atoms with Crippen molar-refractivity contribution in [1.82, 2.24) is 0 Å². The standard InChI is InChI=1S/C13H16ClNO4/c1-13(2,3)19-12(17)15-10-5-8(7-16)9(14)6-11(10)18-4/h5-7H,1-4H3,(H,15,17). The van der Waals surface area contributed by atoms with Gasteiger partial charge in [0.25, 0.3) is 0 Å². The van der Waals surface area contributed by atoms with E-state index in [1.807, 2.05) is 0 Å². The zero-order valence-corrected chi connectivity index (χ0v) is 12.0. The highest BCUT2D eigenvalue weighted by molar-refractivity contribution is 6.33. The number of carbonyl (C=O) groups excluding carboxylic acids is 2. The fraction of sp³-hybridized carbons (Fsp3) is 0.385. The normalized spacial score (nSPS) is 10.8. The predicted molar refractivity (Wildman–Crippen MR) is 73.2 cm³/mol. The number of ether oxygens (including phenoxy) is 2. The van der Waals surface area contributed by atoms with E-state index in [9.17, 15) is 9.59 Å². The van der Waals surface area contributed by atoms with Crippen LogP contribution in [0.25, 0.3) is 0 Å². The predicted octanol–water partition coefficient (Wildman–Crippen LogP) is 3.51. The average Bonchev–Trinajstić information content (AvgIpc) is 2.28. The molecule has 0 heterocycles. The fourth-order valence-electron chi connectivity index (χ4n) is 1.34. The van der Waals surface area contributed by atoms with E-state index >= 15 is 0 Å². The molecule has 19 heavy (non-hydrogen) atoms. The monoisotopic (exact) mass is 285 g/mol. The summed E-state index contributed by atoms with van der Waals surface area (Å²) in [6.07, 6.45) is -0.0350. The van der Waals surface area contributed by atoms with Crippen molar-refractivity contribution in [1.29, 1.82) is 0 Å². The molecular formula is C13H16ClNO4. The van der Waals surface area contributed by atoms with Crippen LogP contribution in [0.15, 0.2) is 12.1 Å². The van der Waals surface area contributed by atoms with E-state index in [0.29, 0.717) is 17.7 Å². The Morgan fingerprint density at radius 1 is 1.37 bits per heavy atom. The van der Waals surface area contributed by atoms with Gasteiger partial charge in [-0.1, -0.05) is 11.6 Å². The Balaban J connectivity index is 2.99. The summed E-state index contributed by atoms with van der Waals surface area (Å²) in [4.78, 5) is 22.5. The molecule has 0 atom stereocenters. The number of aldehydes is 1. The van der Waals surface area contributed by atoms with Crippen molar-refractivity contribution >= 4 is 29.7 Å². The topological polar surface area (TPSA) is 64.6 Å². The van der Waals surface area contributed by atoms with E-state index < -0.39 is 11.7 Å². The third-order valence-corrected chi connectivity index (χ3v) is 2.41. The Morgan fingerprint density at radius 3 is 2.47 bits per heavy atom. The number of hydrogen-bond acceptors (Lipinski definition) is 4. The lowest BCUT2D eigenvalue weighted by Gasteiger charge is -2.20. The molecule has 1 aromatic carbocycles. The van der Waals surface area contributed by atoms with Crippen LogP contribution in [0, 0.1) is 0 Å². The average molecular weight is 286 g/mol. The van der Waals surface area contributed by atoms with Gasteiger partial charge in [0, 0.05) is 11.6 Å². The summed E-state index contributed by atoms with van der Waals surface area (Å²) < 4.78 is 10.2. The van der Waals surface area contributed by atoms with E-state index in [1.54, 1.807) is 20.8 Å². The zero-order valence-electron chi connectivity index (χ0n) is 11.2. The molecule has 0 bridgehead atoms. The second-order valence-electron chi connectivity index (χ2n) is 4.82. The number of anilines is 1. The van der Waals surface area contributed by atoms with Crippen LogP contribution in [-0.2, 0) is 4.74 Å². The van der Waals surface area contributed by atoms with Gasteiger partial charge in [-0.3, -0.25) is 10.1 Å². The third kappa shape index (κ3) is 4.44. The van der Waals surface area contributed by atoms with Crippen molar-refractivity contribution in [3.63, 3.8) is 0 Å². The molecule has 1 N–H and O–H groups in total. The Morgan fingerprint density at radius 2 is 2.00 bits per heavy atom. The number of carbonyl (C=O) groups is 2. The number of amides is 1. The van der Waals surface area contributed by atoms with E-state index in [2.05, 4.69) is 5.32 Å². The van der Waals surface area contributed by atoms with Gasteiger partial charge in [0.2, 0.25) is 0 Å². The third-order valence-electron chi connectivity index (χ3n) is 2.08. The highest BCUT2D eigenvalue weighted by Crippen LogP contribution is 2.31. The minimum atomic E-state index is -0.634. The summed E-state index contributed by atoms with van der Waals surface area (Å²) in [5.41, 5.74) is -0.0335. The highest BCUT2D eigenvalue weighted by atomic mass is 35.5. The van der Waals surface area contributed by atoms with E-state index in [0.717, 1.165) is 0 Å². The molecule has 6 heteroatoms. The van der Waals surface area contributed by atoms with Crippen LogP contribution in [0.2, 0.25) is 5.02 Å². The van der Waals surface area contributed by atoms with Gasteiger partial charge in [-0.05, 0) is 26.8 Å². The van der Waals surface area contributed by atoms with Crippen molar-refractivity contribution in [2.75, 3.05) is 12.4 Å². The van der Waals surface area contributed by atoms with Gasteiger partial charge in [0.15, 0.2) is 6.29 Å². The van der Waals surface area contributed by atoms with Gasteiger partial charge in [0.1, 0.15) is 11.4 Å². The molecule has 0 aliphatic heterocycles. The second kappa shape index (κ2) is 5.93. The van der Waals surface area contributed by atoms with Crippen LogP contribution in [-0.4, -0.2) is 25.1 Å². The van der Waals surface area contributed by atoms with E-state index in [1.165, 1.54) is 19.2 Å². The summed E-state index contributed by atoms with van der Waals surface area (Å²) in [5, 5.41) is 2.77. The van der Waals surface area contributed by atoms with Crippen LogP contribution in [0.4, 0.5) is 10.5 Å². The lowest BCUT2D eigenvalue weighted by molar-refractivity contribution is 0.0635. The molecule has 1 rings (SSSR count). The molecule has 5 nitrogen and oxygen atoms in total. The first-order chi connectivity index (χ1) is 8.76. The smallest absolute Gasteiger partial charge is 0.412 e. The molecule has 0 radical (unpaired) electrons. The lowest BCUT2D eigenvalue weighted by Crippen LogP contribution is -2.27. The molecule has 0 saturated heterocycles. The number of hydrogen-bond donors (Lipinski definition) is 1. The molecule has 0 saturated carbocycles. The summed E-state index contributed by atoms with van der Waals surface area (Å²) in [6, 6.07) is 2.88. The quantitative estimate of drug-likeness (QED) is 0.863. The maximum Gasteiger partial charge on any atom is 0.412 e. The molecule has 0 aliphatic rings. The second-order valence-corrected chi connectivity index (χ2v) is 5.23. The first-order valence-corrected chi connectivity index (χ1v) is 5.97. The van der Waals surface area contributed by atoms with Gasteiger partial charge in [-0.15, -0.1) is 0 Å². The fourth-order valence-corrected chi connectivity index (χ4v) is 1.54.